The standard InChI is InChI=1S/C15H28N2O3/c1-15(2,9-10-16)8-7-13(18)17-11-5-4-6-12(17)14(19)20-3/h12H,4-11,16H2,1-3H3. The van der Waals surface area contributed by atoms with Gasteiger partial charge in [-0.25, -0.2) is 4.79 Å². The minimum absolute atomic E-state index is 0.0604. The molecule has 0 radical (unpaired) electrons. The number of nitrogens with two attached hydrogens (primary N) is 1. The minimum atomic E-state index is -0.390. The maximum absolute atomic E-state index is 12.4. The Hall–Kier alpha value is -1.10. The first kappa shape index (κ1) is 17.0. The topological polar surface area (TPSA) is 72.6 Å². The molecule has 0 saturated carbocycles. The molecule has 116 valence electrons. The highest BCUT2D eigenvalue weighted by molar-refractivity contribution is 5.84. The molecule has 1 saturated heterocycles. The molecule has 0 aliphatic carbocycles. The molecule has 1 aliphatic heterocycles. The van der Waals surface area contributed by atoms with Crippen LogP contribution in [-0.4, -0.2) is 43.0 Å². The number of piperidine rings is 1. The molecule has 0 aromatic carbocycles. The second-order valence-corrected chi connectivity index (χ2v) is 6.32. The molecule has 1 rings (SSSR count). The van der Waals surface area contributed by atoms with Crippen LogP contribution in [0.2, 0.25) is 0 Å². The summed E-state index contributed by atoms with van der Waals surface area (Å²) in [7, 11) is 1.38. The zero-order valence-electron chi connectivity index (χ0n) is 13.0. The summed E-state index contributed by atoms with van der Waals surface area (Å²) in [5.74, 6) is -0.232. The fourth-order valence-corrected chi connectivity index (χ4v) is 2.72. The van der Waals surface area contributed by atoms with E-state index in [1.54, 1.807) is 4.90 Å². The second kappa shape index (κ2) is 7.62. The van der Waals surface area contributed by atoms with Gasteiger partial charge in [-0.2, -0.15) is 0 Å². The zero-order chi connectivity index (χ0) is 15.2. The molecular weight excluding hydrogens is 256 g/mol. The van der Waals surface area contributed by atoms with Gasteiger partial charge in [-0.05, 0) is 44.1 Å². The molecule has 1 amide bonds. The summed E-state index contributed by atoms with van der Waals surface area (Å²) in [5, 5.41) is 0. The third kappa shape index (κ3) is 4.78. The molecule has 1 aliphatic rings. The van der Waals surface area contributed by atoms with Gasteiger partial charge >= 0.3 is 5.97 Å². The van der Waals surface area contributed by atoms with Gasteiger partial charge < -0.3 is 15.4 Å². The molecule has 0 spiro atoms. The van der Waals surface area contributed by atoms with E-state index in [9.17, 15) is 9.59 Å². The van der Waals surface area contributed by atoms with Gasteiger partial charge in [0.05, 0.1) is 7.11 Å². The lowest BCUT2D eigenvalue weighted by Crippen LogP contribution is -2.48. The highest BCUT2D eigenvalue weighted by Gasteiger charge is 2.33. The van der Waals surface area contributed by atoms with Crippen molar-refractivity contribution in [1.82, 2.24) is 4.90 Å². The lowest BCUT2D eigenvalue weighted by molar-refractivity contribution is -0.154. The average molecular weight is 284 g/mol. The summed E-state index contributed by atoms with van der Waals surface area (Å²) in [6, 6.07) is -0.390. The number of methoxy groups -OCH3 is 1. The number of carbonyl (C=O) groups excluding carboxylic acids is 2. The van der Waals surface area contributed by atoms with Crippen LogP contribution in [0.3, 0.4) is 0 Å². The Balaban J connectivity index is 2.57. The van der Waals surface area contributed by atoms with Crippen molar-refractivity contribution >= 4 is 11.9 Å². The third-order valence-electron chi connectivity index (χ3n) is 4.13. The number of amides is 1. The number of carbonyl (C=O) groups is 2. The van der Waals surface area contributed by atoms with Gasteiger partial charge in [0.15, 0.2) is 0 Å². The van der Waals surface area contributed by atoms with E-state index in [2.05, 4.69) is 13.8 Å². The molecule has 1 atom stereocenters. The monoisotopic (exact) mass is 284 g/mol. The first-order valence-electron chi connectivity index (χ1n) is 7.48. The number of likely N-dealkylation sites (tertiary alicyclic amines) is 1. The summed E-state index contributed by atoms with van der Waals surface area (Å²) in [4.78, 5) is 25.8. The van der Waals surface area contributed by atoms with Crippen LogP contribution >= 0.6 is 0 Å². The van der Waals surface area contributed by atoms with Crippen LogP contribution < -0.4 is 5.73 Å². The van der Waals surface area contributed by atoms with E-state index in [1.165, 1.54) is 7.11 Å². The lowest BCUT2D eigenvalue weighted by Gasteiger charge is -2.34. The molecule has 20 heavy (non-hydrogen) atoms. The molecule has 2 N–H and O–H groups in total. The largest absolute Gasteiger partial charge is 0.467 e. The lowest BCUT2D eigenvalue weighted by atomic mass is 9.84. The van der Waals surface area contributed by atoms with E-state index in [4.69, 9.17) is 10.5 Å². The van der Waals surface area contributed by atoms with Crippen molar-refractivity contribution < 1.29 is 14.3 Å². The van der Waals surface area contributed by atoms with Gasteiger partial charge in [-0.15, -0.1) is 0 Å². The van der Waals surface area contributed by atoms with Crippen molar-refractivity contribution in [1.29, 1.82) is 0 Å². The molecule has 0 aromatic heterocycles. The summed E-state index contributed by atoms with van der Waals surface area (Å²) in [6.07, 6.45) is 4.83. The smallest absolute Gasteiger partial charge is 0.328 e. The Bertz CT molecular complexity index is 342. The van der Waals surface area contributed by atoms with E-state index >= 15 is 0 Å². The molecule has 1 heterocycles. The fraction of sp³-hybridized carbons (Fsp3) is 0.867. The van der Waals surface area contributed by atoms with Crippen molar-refractivity contribution in [3.05, 3.63) is 0 Å². The van der Waals surface area contributed by atoms with Crippen LogP contribution in [0.15, 0.2) is 0 Å². The number of esters is 1. The van der Waals surface area contributed by atoms with Crippen molar-refractivity contribution in [2.45, 2.75) is 58.4 Å². The van der Waals surface area contributed by atoms with Crippen molar-refractivity contribution in [2.75, 3.05) is 20.2 Å². The molecule has 5 heteroatoms. The van der Waals surface area contributed by atoms with Gasteiger partial charge in [0.1, 0.15) is 6.04 Å². The first-order chi connectivity index (χ1) is 9.41. The van der Waals surface area contributed by atoms with E-state index in [0.717, 1.165) is 25.7 Å². The van der Waals surface area contributed by atoms with Gasteiger partial charge in [-0.1, -0.05) is 13.8 Å². The van der Waals surface area contributed by atoms with Crippen LogP contribution in [0, 0.1) is 5.41 Å². The number of ether oxygens (including phenoxy) is 1. The highest BCUT2D eigenvalue weighted by atomic mass is 16.5. The van der Waals surface area contributed by atoms with Gasteiger partial charge in [-0.3, -0.25) is 4.79 Å². The number of hydrogen-bond acceptors (Lipinski definition) is 4. The van der Waals surface area contributed by atoms with Crippen LogP contribution in [0.25, 0.3) is 0 Å². The molecule has 1 fully saturated rings. The Morgan fingerprint density at radius 3 is 2.60 bits per heavy atom. The van der Waals surface area contributed by atoms with Crippen LogP contribution in [0.4, 0.5) is 0 Å². The quantitative estimate of drug-likeness (QED) is 0.753. The van der Waals surface area contributed by atoms with Crippen molar-refractivity contribution in [2.24, 2.45) is 11.1 Å². The molecule has 1 unspecified atom stereocenters. The highest BCUT2D eigenvalue weighted by Crippen LogP contribution is 2.27. The third-order valence-corrected chi connectivity index (χ3v) is 4.13. The minimum Gasteiger partial charge on any atom is -0.467 e. The Morgan fingerprint density at radius 2 is 2.00 bits per heavy atom. The number of rotatable bonds is 6. The second-order valence-electron chi connectivity index (χ2n) is 6.32. The summed E-state index contributed by atoms with van der Waals surface area (Å²) >= 11 is 0. The first-order valence-corrected chi connectivity index (χ1v) is 7.48. The average Bonchev–Trinajstić information content (AvgIpc) is 2.44. The normalized spacial score (nSPS) is 19.8. The van der Waals surface area contributed by atoms with E-state index in [-0.39, 0.29) is 23.3 Å². The zero-order valence-corrected chi connectivity index (χ0v) is 13.0. The fourth-order valence-electron chi connectivity index (χ4n) is 2.72. The molecule has 0 aromatic rings. The van der Waals surface area contributed by atoms with E-state index < -0.39 is 0 Å². The SMILES string of the molecule is COC(=O)C1CCCCN1C(=O)CCC(C)(C)CCN. The predicted octanol–water partition coefficient (Wildman–Crippen LogP) is 1.70. The van der Waals surface area contributed by atoms with Crippen molar-refractivity contribution in [3.63, 3.8) is 0 Å². The Morgan fingerprint density at radius 1 is 1.30 bits per heavy atom. The summed E-state index contributed by atoms with van der Waals surface area (Å²) in [5.41, 5.74) is 5.66. The Labute approximate surface area is 121 Å². The number of hydrogen-bond donors (Lipinski definition) is 1. The number of nitrogens with zero attached hydrogens (tertiary/aromatic N) is 1. The van der Waals surface area contributed by atoms with Crippen LogP contribution in [-0.2, 0) is 14.3 Å². The Kier molecular flexibility index (Phi) is 6.46. The summed E-state index contributed by atoms with van der Waals surface area (Å²) in [6.45, 7) is 5.55. The van der Waals surface area contributed by atoms with Crippen LogP contribution in [0.1, 0.15) is 52.4 Å². The molecule has 0 bridgehead atoms. The van der Waals surface area contributed by atoms with E-state index in [0.29, 0.717) is 25.9 Å². The van der Waals surface area contributed by atoms with E-state index in [1.807, 2.05) is 0 Å². The van der Waals surface area contributed by atoms with Gasteiger partial charge in [0.25, 0.3) is 0 Å². The van der Waals surface area contributed by atoms with Gasteiger partial charge in [0.2, 0.25) is 5.91 Å². The van der Waals surface area contributed by atoms with Crippen molar-refractivity contribution in [3.8, 4) is 0 Å². The maximum Gasteiger partial charge on any atom is 0.328 e. The molecule has 5 nitrogen and oxygen atoms in total. The summed E-state index contributed by atoms with van der Waals surface area (Å²) < 4.78 is 4.80. The molecular formula is C15H28N2O3. The predicted molar refractivity (Wildman–Crippen MR) is 78.1 cm³/mol. The maximum atomic E-state index is 12.4. The van der Waals surface area contributed by atoms with Gasteiger partial charge in [0, 0.05) is 13.0 Å². The van der Waals surface area contributed by atoms with Crippen LogP contribution in [0.5, 0.6) is 0 Å².